The number of amides is 1. The van der Waals surface area contributed by atoms with Crippen molar-refractivity contribution in [3.05, 3.63) is 11.8 Å². The molecule has 1 heterocycles. The van der Waals surface area contributed by atoms with Crippen molar-refractivity contribution in [1.82, 2.24) is 15.1 Å². The van der Waals surface area contributed by atoms with E-state index < -0.39 is 17.4 Å². The number of nitrogens with zero attached hydrogens (tertiary/aromatic N) is 2. The number of carboxylic acids is 1. The predicted molar refractivity (Wildman–Crippen MR) is 68.2 cm³/mol. The molecule has 1 rings (SSSR count). The molecule has 1 unspecified atom stereocenters. The zero-order valence-electron chi connectivity index (χ0n) is 11.6. The number of aliphatic carboxylic acids is 1. The van der Waals surface area contributed by atoms with Crippen LogP contribution in [0.25, 0.3) is 0 Å². The predicted octanol–water partition coefficient (Wildman–Crippen LogP) is 0.802. The molecule has 0 radical (unpaired) electrons. The second kappa shape index (κ2) is 5.73. The van der Waals surface area contributed by atoms with Crippen LogP contribution in [0.4, 0.5) is 0 Å². The molecule has 1 aromatic heterocycles. The highest BCUT2D eigenvalue weighted by Gasteiger charge is 2.34. The molecule has 0 bridgehead atoms. The number of carbonyl (C=O) groups excluding carboxylic acids is 1. The second-order valence-corrected chi connectivity index (χ2v) is 4.54. The van der Waals surface area contributed by atoms with E-state index in [1.807, 2.05) is 6.92 Å². The number of rotatable bonds is 6. The second-order valence-electron chi connectivity index (χ2n) is 4.54. The maximum atomic E-state index is 12.0. The van der Waals surface area contributed by atoms with E-state index in [1.165, 1.54) is 24.8 Å². The Hall–Kier alpha value is -2.05. The molecule has 106 valence electrons. The summed E-state index contributed by atoms with van der Waals surface area (Å²) in [4.78, 5) is 23.3. The molecule has 0 aliphatic rings. The number of aromatic nitrogens is 2. The first kappa shape index (κ1) is 15.0. The van der Waals surface area contributed by atoms with E-state index in [0.29, 0.717) is 18.7 Å². The van der Waals surface area contributed by atoms with Gasteiger partial charge in [-0.1, -0.05) is 13.3 Å². The lowest BCUT2D eigenvalue weighted by Crippen LogP contribution is -2.52. The molecule has 0 spiro atoms. The average molecular weight is 269 g/mol. The zero-order valence-corrected chi connectivity index (χ0v) is 11.6. The number of carbonyl (C=O) groups is 2. The van der Waals surface area contributed by atoms with Gasteiger partial charge in [-0.25, -0.2) is 9.48 Å². The lowest BCUT2D eigenvalue weighted by molar-refractivity contribution is -0.144. The maximum absolute atomic E-state index is 12.0. The molecule has 1 aromatic rings. The molecular formula is C12H19N3O4. The topological polar surface area (TPSA) is 93.5 Å². The first-order valence-electron chi connectivity index (χ1n) is 5.98. The van der Waals surface area contributed by atoms with Crippen molar-refractivity contribution in [3.8, 4) is 5.88 Å². The third kappa shape index (κ3) is 3.24. The monoisotopic (exact) mass is 269 g/mol. The van der Waals surface area contributed by atoms with Gasteiger partial charge in [-0.15, -0.1) is 0 Å². The van der Waals surface area contributed by atoms with E-state index >= 15 is 0 Å². The van der Waals surface area contributed by atoms with Crippen LogP contribution in [0.1, 0.15) is 37.2 Å². The van der Waals surface area contributed by atoms with E-state index in [4.69, 9.17) is 4.74 Å². The van der Waals surface area contributed by atoms with E-state index in [0.717, 1.165) is 0 Å². The normalized spacial score (nSPS) is 13.7. The fourth-order valence-corrected chi connectivity index (χ4v) is 1.79. The fraction of sp³-hybridized carbons (Fsp3) is 0.583. The van der Waals surface area contributed by atoms with Gasteiger partial charge in [0.15, 0.2) is 5.69 Å². The van der Waals surface area contributed by atoms with E-state index in [2.05, 4.69) is 10.4 Å². The molecule has 2 N–H and O–H groups in total. The molecule has 19 heavy (non-hydrogen) atoms. The summed E-state index contributed by atoms with van der Waals surface area (Å²) >= 11 is 0. The molecule has 1 amide bonds. The number of hydrogen-bond donors (Lipinski definition) is 2. The Kier molecular flexibility index (Phi) is 4.52. The highest BCUT2D eigenvalue weighted by Crippen LogP contribution is 2.16. The highest BCUT2D eigenvalue weighted by atomic mass is 16.5. The third-order valence-electron chi connectivity index (χ3n) is 2.89. The van der Waals surface area contributed by atoms with E-state index in [1.54, 1.807) is 7.05 Å². The van der Waals surface area contributed by atoms with Gasteiger partial charge >= 0.3 is 5.97 Å². The summed E-state index contributed by atoms with van der Waals surface area (Å²) in [5.74, 6) is -1.17. The van der Waals surface area contributed by atoms with Gasteiger partial charge in [-0.2, -0.15) is 5.10 Å². The van der Waals surface area contributed by atoms with E-state index in [-0.39, 0.29) is 5.69 Å². The van der Waals surface area contributed by atoms with Gasteiger partial charge < -0.3 is 15.2 Å². The van der Waals surface area contributed by atoms with Gasteiger partial charge in [0.05, 0.1) is 7.11 Å². The summed E-state index contributed by atoms with van der Waals surface area (Å²) in [6.45, 7) is 3.34. The average Bonchev–Trinajstić information content (AvgIpc) is 2.70. The molecule has 7 nitrogen and oxygen atoms in total. The van der Waals surface area contributed by atoms with Gasteiger partial charge in [-0.05, 0) is 13.3 Å². The Balaban J connectivity index is 2.90. The lowest BCUT2D eigenvalue weighted by atomic mass is 9.96. The van der Waals surface area contributed by atoms with Crippen molar-refractivity contribution in [1.29, 1.82) is 0 Å². The van der Waals surface area contributed by atoms with Crippen LogP contribution >= 0.6 is 0 Å². The largest absolute Gasteiger partial charge is 0.481 e. The van der Waals surface area contributed by atoms with Gasteiger partial charge in [0, 0.05) is 13.1 Å². The number of carboxylic acid groups (broad SMARTS) is 1. The molecule has 0 saturated carbocycles. The molecule has 0 saturated heterocycles. The molecule has 0 fully saturated rings. The Morgan fingerprint density at radius 2 is 2.21 bits per heavy atom. The molecule has 7 heteroatoms. The third-order valence-corrected chi connectivity index (χ3v) is 2.89. The summed E-state index contributed by atoms with van der Waals surface area (Å²) in [6, 6.07) is 1.46. The summed E-state index contributed by atoms with van der Waals surface area (Å²) in [6.07, 6.45) is 0.993. The van der Waals surface area contributed by atoms with Crippen molar-refractivity contribution < 1.29 is 19.4 Å². The Bertz CT molecular complexity index is 483. The number of ether oxygens (including phenoxy) is 1. The van der Waals surface area contributed by atoms with Crippen molar-refractivity contribution in [2.75, 3.05) is 7.11 Å². The molecule has 0 aromatic carbocycles. The van der Waals surface area contributed by atoms with E-state index in [9.17, 15) is 14.7 Å². The lowest BCUT2D eigenvalue weighted by Gasteiger charge is -2.25. The Morgan fingerprint density at radius 1 is 1.58 bits per heavy atom. The van der Waals surface area contributed by atoms with Crippen LogP contribution in [0, 0.1) is 0 Å². The van der Waals surface area contributed by atoms with Crippen LogP contribution < -0.4 is 10.1 Å². The quantitative estimate of drug-likeness (QED) is 0.796. The van der Waals surface area contributed by atoms with Crippen molar-refractivity contribution in [3.63, 3.8) is 0 Å². The van der Waals surface area contributed by atoms with Crippen LogP contribution in [-0.2, 0) is 11.8 Å². The molecular weight excluding hydrogens is 250 g/mol. The van der Waals surface area contributed by atoms with Crippen LogP contribution in [0.2, 0.25) is 0 Å². The minimum absolute atomic E-state index is 0.128. The summed E-state index contributed by atoms with van der Waals surface area (Å²) in [5.41, 5.74) is -1.17. The zero-order chi connectivity index (χ0) is 14.6. The van der Waals surface area contributed by atoms with Gasteiger partial charge in [0.2, 0.25) is 5.88 Å². The standard InChI is InChI=1S/C12H19N3O4/c1-5-6-12(2,11(17)18)13-10(16)8-7-9(19-4)15(3)14-8/h7H,5-6H2,1-4H3,(H,13,16)(H,17,18). The maximum Gasteiger partial charge on any atom is 0.329 e. The number of methoxy groups -OCH3 is 1. The van der Waals surface area contributed by atoms with Crippen LogP contribution in [-0.4, -0.2) is 39.4 Å². The summed E-state index contributed by atoms with van der Waals surface area (Å²) in [5, 5.41) is 15.7. The molecule has 0 aliphatic carbocycles. The fourth-order valence-electron chi connectivity index (χ4n) is 1.79. The van der Waals surface area contributed by atoms with Gasteiger partial charge in [-0.3, -0.25) is 4.79 Å². The van der Waals surface area contributed by atoms with Crippen molar-refractivity contribution in [2.24, 2.45) is 7.05 Å². The van der Waals surface area contributed by atoms with Crippen LogP contribution in [0.15, 0.2) is 6.07 Å². The van der Waals surface area contributed by atoms with Crippen LogP contribution in [0.5, 0.6) is 5.88 Å². The Morgan fingerprint density at radius 3 is 2.63 bits per heavy atom. The SMILES string of the molecule is CCCC(C)(NC(=O)c1cc(OC)n(C)n1)C(=O)O. The number of hydrogen-bond acceptors (Lipinski definition) is 4. The number of nitrogens with one attached hydrogen (secondary N) is 1. The number of aryl methyl sites for hydroxylation is 1. The first-order valence-corrected chi connectivity index (χ1v) is 5.98. The minimum atomic E-state index is -1.30. The summed E-state index contributed by atoms with van der Waals surface area (Å²) in [7, 11) is 3.11. The molecule has 0 aliphatic heterocycles. The highest BCUT2D eigenvalue weighted by molar-refractivity contribution is 5.96. The minimum Gasteiger partial charge on any atom is -0.481 e. The Labute approximate surface area is 111 Å². The smallest absolute Gasteiger partial charge is 0.329 e. The van der Waals surface area contributed by atoms with Crippen molar-refractivity contribution in [2.45, 2.75) is 32.2 Å². The van der Waals surface area contributed by atoms with Gasteiger partial charge in [0.1, 0.15) is 5.54 Å². The molecule has 1 atom stereocenters. The summed E-state index contributed by atoms with van der Waals surface area (Å²) < 4.78 is 6.41. The first-order chi connectivity index (χ1) is 8.84. The van der Waals surface area contributed by atoms with Crippen molar-refractivity contribution >= 4 is 11.9 Å². The van der Waals surface area contributed by atoms with Gasteiger partial charge in [0.25, 0.3) is 5.91 Å². The van der Waals surface area contributed by atoms with Crippen LogP contribution in [0.3, 0.4) is 0 Å².